The van der Waals surface area contributed by atoms with Crippen molar-refractivity contribution in [2.24, 2.45) is 5.92 Å². The van der Waals surface area contributed by atoms with Crippen molar-refractivity contribution in [3.05, 3.63) is 54.0 Å². The van der Waals surface area contributed by atoms with Crippen molar-refractivity contribution in [3.63, 3.8) is 0 Å². The molecule has 2 unspecified atom stereocenters. The van der Waals surface area contributed by atoms with Gasteiger partial charge in [0.15, 0.2) is 11.6 Å². The second-order valence-electron chi connectivity index (χ2n) is 6.24. The third-order valence-corrected chi connectivity index (χ3v) is 4.81. The van der Waals surface area contributed by atoms with E-state index in [2.05, 4.69) is 9.97 Å². The summed E-state index contributed by atoms with van der Waals surface area (Å²) < 4.78 is 26.5. The summed E-state index contributed by atoms with van der Waals surface area (Å²) in [5, 5.41) is 31.2. The predicted octanol–water partition coefficient (Wildman–Crippen LogP) is 1.03. The van der Waals surface area contributed by atoms with Gasteiger partial charge in [-0.1, -0.05) is 6.07 Å². The molecule has 1 heterocycles. The number of nitrogens with zero attached hydrogens (tertiary/aromatic N) is 3. The van der Waals surface area contributed by atoms with Crippen LogP contribution in [0, 0.1) is 17.6 Å². The topological polar surface area (TPSA) is 89.7 Å². The van der Waals surface area contributed by atoms with E-state index < -0.39 is 41.9 Å². The van der Waals surface area contributed by atoms with Gasteiger partial charge in [-0.05, 0) is 30.2 Å². The van der Waals surface area contributed by atoms with Gasteiger partial charge >= 0.3 is 0 Å². The lowest BCUT2D eigenvalue weighted by atomic mass is 9.92. The van der Waals surface area contributed by atoms with Crippen molar-refractivity contribution in [2.45, 2.75) is 30.8 Å². The first-order chi connectivity index (χ1) is 11.9. The molecule has 1 saturated carbocycles. The van der Waals surface area contributed by atoms with Crippen LogP contribution in [0.2, 0.25) is 0 Å². The number of aliphatic hydroxyl groups excluding tert-OH is 3. The largest absolute Gasteiger partial charge is 0.390 e. The molecule has 134 valence electrons. The molecule has 6 nitrogen and oxygen atoms in total. The Hall–Kier alpha value is -2.16. The van der Waals surface area contributed by atoms with Gasteiger partial charge in [-0.2, -0.15) is 0 Å². The fourth-order valence-electron chi connectivity index (χ4n) is 3.35. The number of hydrogen-bond acceptors (Lipinski definition) is 6. The number of likely N-dealkylation sites (N-methyl/N-ethyl adjacent to an activating group) is 1. The van der Waals surface area contributed by atoms with Gasteiger partial charge in [-0.3, -0.25) is 0 Å². The van der Waals surface area contributed by atoms with E-state index in [1.54, 1.807) is 24.2 Å². The van der Waals surface area contributed by atoms with E-state index in [0.29, 0.717) is 5.82 Å². The summed E-state index contributed by atoms with van der Waals surface area (Å²) in [7, 11) is 1.72. The molecular formula is C17H19F2N3O3. The van der Waals surface area contributed by atoms with Gasteiger partial charge < -0.3 is 20.2 Å². The average Bonchev–Trinajstić information content (AvgIpc) is 2.92. The van der Waals surface area contributed by atoms with Crippen molar-refractivity contribution in [1.82, 2.24) is 9.97 Å². The fourth-order valence-corrected chi connectivity index (χ4v) is 3.35. The third kappa shape index (κ3) is 3.33. The van der Waals surface area contributed by atoms with Gasteiger partial charge in [-0.15, -0.1) is 0 Å². The molecule has 8 heteroatoms. The van der Waals surface area contributed by atoms with Crippen LogP contribution in [0.1, 0.15) is 18.1 Å². The summed E-state index contributed by atoms with van der Waals surface area (Å²) in [4.78, 5) is 9.63. The lowest BCUT2D eigenvalue weighted by Crippen LogP contribution is -2.41. The maximum atomic E-state index is 13.4. The van der Waals surface area contributed by atoms with Crippen LogP contribution in [0.25, 0.3) is 0 Å². The van der Waals surface area contributed by atoms with Gasteiger partial charge in [0, 0.05) is 19.2 Å². The first kappa shape index (κ1) is 17.7. The van der Waals surface area contributed by atoms with Crippen LogP contribution < -0.4 is 4.90 Å². The lowest BCUT2D eigenvalue weighted by molar-refractivity contribution is -0.0232. The lowest BCUT2D eigenvalue weighted by Gasteiger charge is -2.28. The number of hydrogen-bond donors (Lipinski definition) is 3. The highest BCUT2D eigenvalue weighted by atomic mass is 19.2. The molecule has 0 saturated heterocycles. The Kier molecular flexibility index (Phi) is 4.94. The molecule has 1 aromatic heterocycles. The first-order valence-electron chi connectivity index (χ1n) is 7.88. The monoisotopic (exact) mass is 351 g/mol. The first-order valence-corrected chi connectivity index (χ1v) is 7.88. The Bertz CT molecular complexity index is 734. The molecule has 5 atom stereocenters. The zero-order valence-electron chi connectivity index (χ0n) is 13.5. The Balaban J connectivity index is 1.80. The van der Waals surface area contributed by atoms with Crippen molar-refractivity contribution in [1.29, 1.82) is 0 Å². The summed E-state index contributed by atoms with van der Waals surface area (Å²) in [5.74, 6) is -2.24. The molecule has 0 spiro atoms. The predicted molar refractivity (Wildman–Crippen MR) is 85.7 cm³/mol. The molecule has 2 aromatic rings. The van der Waals surface area contributed by atoms with Gasteiger partial charge in [0.05, 0.1) is 18.2 Å². The molecular weight excluding hydrogens is 332 g/mol. The summed E-state index contributed by atoms with van der Waals surface area (Å²) in [6, 6.07) is 4.27. The molecule has 1 aliphatic carbocycles. The van der Waals surface area contributed by atoms with Crippen LogP contribution in [0.15, 0.2) is 36.8 Å². The zero-order valence-corrected chi connectivity index (χ0v) is 13.5. The highest BCUT2D eigenvalue weighted by Crippen LogP contribution is 2.39. The van der Waals surface area contributed by atoms with Crippen molar-refractivity contribution < 1.29 is 24.1 Å². The van der Waals surface area contributed by atoms with E-state index in [9.17, 15) is 24.1 Å². The molecule has 0 bridgehead atoms. The number of anilines is 1. The summed E-state index contributed by atoms with van der Waals surface area (Å²) in [5.41, 5.74) is 0.153. The van der Waals surface area contributed by atoms with Crippen molar-refractivity contribution in [3.8, 4) is 0 Å². The number of benzene rings is 1. The highest BCUT2D eigenvalue weighted by Gasteiger charge is 2.46. The Morgan fingerprint density at radius 2 is 1.92 bits per heavy atom. The molecule has 0 amide bonds. The number of rotatable bonds is 4. The quantitative estimate of drug-likeness (QED) is 0.763. The van der Waals surface area contributed by atoms with E-state index in [1.807, 2.05) is 0 Å². The number of halogens is 2. The molecule has 25 heavy (non-hydrogen) atoms. The van der Waals surface area contributed by atoms with Crippen LogP contribution in [0.3, 0.4) is 0 Å². The van der Waals surface area contributed by atoms with Gasteiger partial charge in [-0.25, -0.2) is 18.7 Å². The normalized spacial score (nSPS) is 27.3. The highest BCUT2D eigenvalue weighted by molar-refractivity contribution is 5.38. The SMILES string of the molecule is CN(c1ccncn1)C1CC([C@@H](O)c2ccc(F)c(F)c2)[C@@H](O)[C@H]1O. The molecule has 1 aliphatic rings. The minimum Gasteiger partial charge on any atom is -0.390 e. The van der Waals surface area contributed by atoms with Crippen LogP contribution in [0.5, 0.6) is 0 Å². The number of aliphatic hydroxyl groups is 3. The van der Waals surface area contributed by atoms with E-state index in [1.165, 1.54) is 12.4 Å². The van der Waals surface area contributed by atoms with Gasteiger partial charge in [0.1, 0.15) is 18.2 Å². The smallest absolute Gasteiger partial charge is 0.159 e. The minimum absolute atomic E-state index is 0.153. The van der Waals surface area contributed by atoms with E-state index in [4.69, 9.17) is 0 Å². The van der Waals surface area contributed by atoms with E-state index >= 15 is 0 Å². The third-order valence-electron chi connectivity index (χ3n) is 4.81. The molecule has 3 rings (SSSR count). The minimum atomic E-state index is -1.23. The molecule has 3 N–H and O–H groups in total. The second-order valence-corrected chi connectivity index (χ2v) is 6.24. The zero-order chi connectivity index (χ0) is 18.1. The Morgan fingerprint density at radius 1 is 1.16 bits per heavy atom. The fraction of sp³-hybridized carbons (Fsp3) is 0.412. The summed E-state index contributed by atoms with van der Waals surface area (Å²) in [6.45, 7) is 0. The molecule has 0 aliphatic heterocycles. The second kappa shape index (κ2) is 6.99. The van der Waals surface area contributed by atoms with Crippen LogP contribution in [-0.2, 0) is 0 Å². The molecule has 0 radical (unpaired) electrons. The van der Waals surface area contributed by atoms with Crippen molar-refractivity contribution in [2.75, 3.05) is 11.9 Å². The Labute approximate surface area is 143 Å². The molecule has 1 fully saturated rings. The van der Waals surface area contributed by atoms with Gasteiger partial charge in [0.25, 0.3) is 0 Å². The molecule has 1 aromatic carbocycles. The van der Waals surface area contributed by atoms with Crippen molar-refractivity contribution >= 4 is 5.82 Å². The van der Waals surface area contributed by atoms with Crippen LogP contribution in [-0.4, -0.2) is 50.6 Å². The van der Waals surface area contributed by atoms with Crippen LogP contribution in [0.4, 0.5) is 14.6 Å². The summed E-state index contributed by atoms with van der Waals surface area (Å²) in [6.07, 6.45) is -0.379. The number of aromatic nitrogens is 2. The van der Waals surface area contributed by atoms with Crippen LogP contribution >= 0.6 is 0 Å². The Morgan fingerprint density at radius 3 is 2.56 bits per heavy atom. The average molecular weight is 351 g/mol. The maximum absolute atomic E-state index is 13.4. The standard InChI is InChI=1S/C17H19F2N3O3/c1-22(14-4-5-20-8-21-14)13-7-10(16(24)17(13)25)15(23)9-2-3-11(18)12(19)6-9/h2-6,8,10,13,15-17,23-25H,7H2,1H3/t10?,13?,15-,16+,17-/m0/s1. The van der Waals surface area contributed by atoms with Gasteiger partial charge in [0.2, 0.25) is 0 Å². The maximum Gasteiger partial charge on any atom is 0.159 e. The van der Waals surface area contributed by atoms with E-state index in [-0.39, 0.29) is 12.0 Å². The van der Waals surface area contributed by atoms with E-state index in [0.717, 1.165) is 12.1 Å². The summed E-state index contributed by atoms with van der Waals surface area (Å²) >= 11 is 0.